The lowest BCUT2D eigenvalue weighted by molar-refractivity contribution is 0.0604. The highest BCUT2D eigenvalue weighted by molar-refractivity contribution is 5.41. The Bertz CT molecular complexity index is 408. The van der Waals surface area contributed by atoms with Gasteiger partial charge in [-0.15, -0.1) is 0 Å². The van der Waals surface area contributed by atoms with E-state index in [1.807, 2.05) is 32.9 Å². The van der Waals surface area contributed by atoms with E-state index in [2.05, 4.69) is 26.8 Å². The monoisotopic (exact) mass is 250 g/mol. The van der Waals surface area contributed by atoms with Crippen molar-refractivity contribution in [3.8, 4) is 5.75 Å². The summed E-state index contributed by atoms with van der Waals surface area (Å²) in [6, 6.07) is 6.09. The van der Waals surface area contributed by atoms with Crippen LogP contribution in [0, 0.1) is 5.41 Å². The van der Waals surface area contributed by atoms with E-state index in [1.165, 1.54) is 5.56 Å². The lowest BCUT2D eigenvalue weighted by Crippen LogP contribution is -2.19. The number of benzene rings is 1. The van der Waals surface area contributed by atoms with Crippen molar-refractivity contribution in [1.29, 1.82) is 0 Å². The van der Waals surface area contributed by atoms with Crippen LogP contribution in [-0.2, 0) is 5.41 Å². The Morgan fingerprint density at radius 1 is 1.06 bits per heavy atom. The van der Waals surface area contributed by atoms with Crippen molar-refractivity contribution in [1.82, 2.24) is 0 Å². The van der Waals surface area contributed by atoms with E-state index in [9.17, 15) is 5.11 Å². The van der Waals surface area contributed by atoms with Crippen molar-refractivity contribution in [3.63, 3.8) is 0 Å². The van der Waals surface area contributed by atoms with E-state index in [0.29, 0.717) is 0 Å². The maximum atomic E-state index is 10.4. The molecule has 1 aromatic rings. The molecule has 1 atom stereocenters. The first-order chi connectivity index (χ1) is 8.07. The van der Waals surface area contributed by atoms with Gasteiger partial charge in [0.25, 0.3) is 0 Å². The number of ether oxygens (including phenoxy) is 1. The van der Waals surface area contributed by atoms with Crippen molar-refractivity contribution in [2.75, 3.05) is 7.11 Å². The average molecular weight is 250 g/mol. The van der Waals surface area contributed by atoms with E-state index >= 15 is 0 Å². The van der Waals surface area contributed by atoms with Gasteiger partial charge in [-0.1, -0.05) is 53.7 Å². The minimum Gasteiger partial charge on any atom is -0.496 e. The van der Waals surface area contributed by atoms with Crippen LogP contribution in [0.4, 0.5) is 0 Å². The number of aliphatic hydroxyl groups excluding tert-OH is 1. The molecule has 0 bridgehead atoms. The van der Waals surface area contributed by atoms with Gasteiger partial charge in [-0.2, -0.15) is 0 Å². The van der Waals surface area contributed by atoms with Gasteiger partial charge < -0.3 is 9.84 Å². The van der Waals surface area contributed by atoms with Gasteiger partial charge in [0.2, 0.25) is 0 Å². The molecule has 0 radical (unpaired) electrons. The standard InChI is InChI=1S/C16H26O2/c1-15(2,3)11-8-9-12(13(10-11)18-7)14(17)16(4,5)6/h8-10,14,17H,1-7H3. The van der Waals surface area contributed by atoms with Crippen LogP contribution in [0.25, 0.3) is 0 Å². The third-order valence-corrected chi connectivity index (χ3v) is 3.21. The Morgan fingerprint density at radius 2 is 1.61 bits per heavy atom. The smallest absolute Gasteiger partial charge is 0.124 e. The van der Waals surface area contributed by atoms with Crippen LogP contribution in [-0.4, -0.2) is 12.2 Å². The third-order valence-electron chi connectivity index (χ3n) is 3.21. The summed E-state index contributed by atoms with van der Waals surface area (Å²) < 4.78 is 5.44. The highest BCUT2D eigenvalue weighted by atomic mass is 16.5. The Balaban J connectivity index is 3.24. The van der Waals surface area contributed by atoms with Crippen molar-refractivity contribution < 1.29 is 9.84 Å². The zero-order chi connectivity index (χ0) is 14.1. The molecular weight excluding hydrogens is 224 g/mol. The van der Waals surface area contributed by atoms with E-state index in [4.69, 9.17) is 4.74 Å². The van der Waals surface area contributed by atoms with Gasteiger partial charge >= 0.3 is 0 Å². The Hall–Kier alpha value is -1.02. The molecule has 0 aliphatic rings. The summed E-state index contributed by atoms with van der Waals surface area (Å²) in [5.74, 6) is 0.768. The molecule has 0 aliphatic heterocycles. The van der Waals surface area contributed by atoms with Gasteiger partial charge in [-0.05, 0) is 22.5 Å². The first-order valence-electron chi connectivity index (χ1n) is 6.44. The van der Waals surface area contributed by atoms with E-state index in [-0.39, 0.29) is 10.8 Å². The number of aliphatic hydroxyl groups is 1. The summed E-state index contributed by atoms with van der Waals surface area (Å²) in [6.45, 7) is 12.6. The predicted octanol–water partition coefficient (Wildman–Crippen LogP) is 4.07. The minimum absolute atomic E-state index is 0.0818. The van der Waals surface area contributed by atoms with Crippen molar-refractivity contribution >= 4 is 0 Å². The van der Waals surface area contributed by atoms with Gasteiger partial charge in [0, 0.05) is 5.56 Å². The zero-order valence-electron chi connectivity index (χ0n) is 12.7. The van der Waals surface area contributed by atoms with Crippen LogP contribution in [0.2, 0.25) is 0 Å². The molecule has 0 aromatic heterocycles. The first kappa shape index (κ1) is 15.0. The Labute approximate surface area is 111 Å². The molecule has 0 saturated carbocycles. The fourth-order valence-corrected chi connectivity index (χ4v) is 1.87. The summed E-state index contributed by atoms with van der Waals surface area (Å²) in [7, 11) is 1.65. The molecule has 1 unspecified atom stereocenters. The number of hydrogen-bond acceptors (Lipinski definition) is 2. The van der Waals surface area contributed by atoms with Crippen LogP contribution in [0.15, 0.2) is 18.2 Å². The lowest BCUT2D eigenvalue weighted by Gasteiger charge is -2.28. The topological polar surface area (TPSA) is 29.5 Å². The third kappa shape index (κ3) is 3.26. The first-order valence-corrected chi connectivity index (χ1v) is 6.44. The van der Waals surface area contributed by atoms with Crippen LogP contribution >= 0.6 is 0 Å². The molecule has 18 heavy (non-hydrogen) atoms. The molecule has 1 N–H and O–H groups in total. The van der Waals surface area contributed by atoms with Gasteiger partial charge in [0.1, 0.15) is 5.75 Å². The Morgan fingerprint density at radius 3 is 2.00 bits per heavy atom. The predicted molar refractivity (Wildman–Crippen MR) is 76.1 cm³/mol. The maximum Gasteiger partial charge on any atom is 0.124 e. The van der Waals surface area contributed by atoms with Crippen LogP contribution in [0.3, 0.4) is 0 Å². The summed E-state index contributed by atoms with van der Waals surface area (Å²) in [6.07, 6.45) is -0.526. The number of rotatable bonds is 2. The fraction of sp³-hybridized carbons (Fsp3) is 0.625. The quantitative estimate of drug-likeness (QED) is 0.857. The Kier molecular flexibility index (Phi) is 4.12. The van der Waals surface area contributed by atoms with E-state index in [0.717, 1.165) is 11.3 Å². The molecular formula is C16H26O2. The zero-order valence-corrected chi connectivity index (χ0v) is 12.7. The molecule has 0 spiro atoms. The second-order valence-electron chi connectivity index (χ2n) is 6.98. The highest BCUT2D eigenvalue weighted by Crippen LogP contribution is 2.39. The summed E-state index contributed by atoms with van der Waals surface area (Å²) in [4.78, 5) is 0. The normalized spacial score (nSPS) is 14.4. The van der Waals surface area contributed by atoms with Crippen molar-refractivity contribution in [2.45, 2.75) is 53.1 Å². The number of methoxy groups -OCH3 is 1. The average Bonchev–Trinajstić information content (AvgIpc) is 2.24. The second kappa shape index (κ2) is 4.93. The molecule has 2 heteroatoms. The molecule has 0 fully saturated rings. The molecule has 1 aromatic carbocycles. The van der Waals surface area contributed by atoms with Gasteiger partial charge in [-0.25, -0.2) is 0 Å². The molecule has 1 rings (SSSR count). The van der Waals surface area contributed by atoms with Crippen molar-refractivity contribution in [2.24, 2.45) is 5.41 Å². The second-order valence-corrected chi connectivity index (χ2v) is 6.98. The SMILES string of the molecule is COc1cc(C(C)(C)C)ccc1C(O)C(C)(C)C. The molecule has 0 saturated heterocycles. The van der Waals surface area contributed by atoms with Gasteiger partial charge in [-0.3, -0.25) is 0 Å². The van der Waals surface area contributed by atoms with E-state index in [1.54, 1.807) is 7.11 Å². The highest BCUT2D eigenvalue weighted by Gasteiger charge is 2.27. The number of hydrogen-bond donors (Lipinski definition) is 1. The molecule has 0 amide bonds. The molecule has 102 valence electrons. The van der Waals surface area contributed by atoms with E-state index < -0.39 is 6.10 Å². The molecule has 0 aliphatic carbocycles. The summed E-state index contributed by atoms with van der Waals surface area (Å²) in [5.41, 5.74) is 1.96. The van der Waals surface area contributed by atoms with Crippen LogP contribution < -0.4 is 4.74 Å². The largest absolute Gasteiger partial charge is 0.496 e. The van der Waals surface area contributed by atoms with Gasteiger partial charge in [0.05, 0.1) is 13.2 Å². The molecule has 0 heterocycles. The van der Waals surface area contributed by atoms with Crippen LogP contribution in [0.1, 0.15) is 58.8 Å². The van der Waals surface area contributed by atoms with Gasteiger partial charge in [0.15, 0.2) is 0 Å². The van der Waals surface area contributed by atoms with Crippen LogP contribution in [0.5, 0.6) is 5.75 Å². The van der Waals surface area contributed by atoms with Crippen molar-refractivity contribution in [3.05, 3.63) is 29.3 Å². The maximum absolute atomic E-state index is 10.4. The summed E-state index contributed by atoms with van der Waals surface area (Å²) in [5, 5.41) is 10.4. The minimum atomic E-state index is -0.526. The fourth-order valence-electron chi connectivity index (χ4n) is 1.87. The lowest BCUT2D eigenvalue weighted by atomic mass is 9.81. The molecule has 2 nitrogen and oxygen atoms in total. The summed E-state index contributed by atoms with van der Waals surface area (Å²) >= 11 is 0.